The minimum Gasteiger partial charge on any atom is -0.458 e. The van der Waals surface area contributed by atoms with Gasteiger partial charge in [-0.05, 0) is 75.2 Å². The molecular weight excluding hydrogens is 312 g/mol. The summed E-state index contributed by atoms with van der Waals surface area (Å²) in [5.41, 5.74) is 3.59. The molecule has 1 saturated carbocycles. The van der Waals surface area contributed by atoms with Crippen molar-refractivity contribution < 1.29 is 14.6 Å². The molecule has 1 N–H and O–H groups in total. The summed E-state index contributed by atoms with van der Waals surface area (Å²) in [4.78, 5) is 11.7. The molecule has 0 amide bonds. The van der Waals surface area contributed by atoms with E-state index in [-0.39, 0.29) is 24.1 Å². The molecule has 4 atom stereocenters. The first-order valence-corrected chi connectivity index (χ1v) is 9.55. The molecule has 0 aliphatic heterocycles. The van der Waals surface area contributed by atoms with Crippen LogP contribution in [0.2, 0.25) is 0 Å². The Labute approximate surface area is 152 Å². The first kappa shape index (κ1) is 20.0. The van der Waals surface area contributed by atoms with Crippen LogP contribution in [0.5, 0.6) is 0 Å². The molecule has 0 unspecified atom stereocenters. The quantitative estimate of drug-likeness (QED) is 0.580. The third kappa shape index (κ3) is 4.84. The fourth-order valence-corrected chi connectivity index (χ4v) is 4.74. The number of aliphatic hydroxyl groups is 1. The fraction of sp³-hybridized carbons (Fsp3) is 0.682. The molecule has 25 heavy (non-hydrogen) atoms. The van der Waals surface area contributed by atoms with Gasteiger partial charge in [0.25, 0.3) is 0 Å². The van der Waals surface area contributed by atoms with Crippen LogP contribution in [0.25, 0.3) is 0 Å². The normalized spacial score (nSPS) is 37.7. The zero-order valence-corrected chi connectivity index (χ0v) is 16.3. The van der Waals surface area contributed by atoms with Gasteiger partial charge >= 0.3 is 5.97 Å². The lowest BCUT2D eigenvalue weighted by Gasteiger charge is -2.37. The zero-order valence-electron chi connectivity index (χ0n) is 16.3. The van der Waals surface area contributed by atoms with Crippen LogP contribution in [0.4, 0.5) is 0 Å². The van der Waals surface area contributed by atoms with E-state index >= 15 is 0 Å². The molecule has 0 bridgehead atoms. The topological polar surface area (TPSA) is 46.5 Å². The maximum atomic E-state index is 11.7. The van der Waals surface area contributed by atoms with Crippen molar-refractivity contribution >= 4 is 5.97 Å². The molecule has 0 saturated heterocycles. The number of esters is 1. The van der Waals surface area contributed by atoms with E-state index in [0.29, 0.717) is 11.8 Å². The monoisotopic (exact) mass is 346 g/mol. The number of rotatable bonds is 3. The van der Waals surface area contributed by atoms with Crippen LogP contribution in [-0.4, -0.2) is 23.8 Å². The maximum absolute atomic E-state index is 11.7. The van der Waals surface area contributed by atoms with Crippen molar-refractivity contribution in [2.45, 2.75) is 72.3 Å². The van der Waals surface area contributed by atoms with Crippen molar-refractivity contribution in [1.29, 1.82) is 0 Å². The molecule has 140 valence electrons. The Balaban J connectivity index is 2.40. The Morgan fingerprint density at radius 3 is 2.72 bits per heavy atom. The molecule has 3 heteroatoms. The molecule has 0 radical (unpaired) electrons. The number of allylic oxidation sites excluding steroid dienone is 4. The van der Waals surface area contributed by atoms with Gasteiger partial charge in [0.05, 0.1) is 6.61 Å². The lowest BCUT2D eigenvalue weighted by Crippen LogP contribution is -2.33. The Bertz CT molecular complexity index is 572. The van der Waals surface area contributed by atoms with E-state index in [1.165, 1.54) is 18.1 Å². The third-order valence-electron chi connectivity index (χ3n) is 6.26. The molecular formula is C22H34O3. The number of ether oxygens (including phenoxy) is 1. The zero-order chi connectivity index (χ0) is 18.6. The van der Waals surface area contributed by atoms with Crippen molar-refractivity contribution in [3.63, 3.8) is 0 Å². The summed E-state index contributed by atoms with van der Waals surface area (Å²) in [6.07, 6.45) is 10.1. The third-order valence-corrected chi connectivity index (χ3v) is 6.26. The molecule has 0 aromatic rings. The molecule has 2 aliphatic carbocycles. The second-order valence-electron chi connectivity index (χ2n) is 8.32. The van der Waals surface area contributed by atoms with Gasteiger partial charge in [-0.2, -0.15) is 0 Å². The molecule has 0 spiro atoms. The van der Waals surface area contributed by atoms with E-state index in [1.54, 1.807) is 0 Å². The van der Waals surface area contributed by atoms with Crippen LogP contribution in [0.1, 0.15) is 66.2 Å². The van der Waals surface area contributed by atoms with Crippen molar-refractivity contribution in [3.8, 4) is 0 Å². The van der Waals surface area contributed by atoms with Crippen molar-refractivity contribution in [1.82, 2.24) is 0 Å². The Hall–Kier alpha value is -1.35. The van der Waals surface area contributed by atoms with Crippen molar-refractivity contribution in [2.75, 3.05) is 6.61 Å². The van der Waals surface area contributed by atoms with Gasteiger partial charge in [-0.1, -0.05) is 36.8 Å². The number of hydrogen-bond acceptors (Lipinski definition) is 3. The van der Waals surface area contributed by atoms with E-state index in [2.05, 4.69) is 39.5 Å². The predicted octanol–water partition coefficient (Wildman–Crippen LogP) is 4.97. The smallest absolute Gasteiger partial charge is 0.303 e. The second-order valence-corrected chi connectivity index (χ2v) is 8.32. The van der Waals surface area contributed by atoms with Crippen LogP contribution in [0.15, 0.2) is 35.5 Å². The highest BCUT2D eigenvalue weighted by Crippen LogP contribution is 2.54. The van der Waals surface area contributed by atoms with E-state index < -0.39 is 0 Å². The highest BCUT2D eigenvalue weighted by atomic mass is 16.5. The Morgan fingerprint density at radius 2 is 2.12 bits per heavy atom. The average Bonchev–Trinajstić information content (AvgIpc) is 2.84. The summed E-state index contributed by atoms with van der Waals surface area (Å²) in [5, 5.41) is 9.87. The summed E-state index contributed by atoms with van der Waals surface area (Å²) >= 11 is 0. The van der Waals surface area contributed by atoms with Gasteiger partial charge in [0.2, 0.25) is 0 Å². The van der Waals surface area contributed by atoms with Gasteiger partial charge < -0.3 is 9.84 Å². The maximum Gasteiger partial charge on any atom is 0.303 e. The van der Waals surface area contributed by atoms with Gasteiger partial charge in [0.1, 0.15) is 6.10 Å². The van der Waals surface area contributed by atoms with E-state index in [4.69, 9.17) is 4.74 Å². The highest BCUT2D eigenvalue weighted by Gasteiger charge is 2.46. The minimum atomic E-state index is -0.322. The van der Waals surface area contributed by atoms with Crippen LogP contribution < -0.4 is 0 Å². The number of hydrogen-bond donors (Lipinski definition) is 1. The molecule has 0 aromatic heterocycles. The molecule has 1 fully saturated rings. The average molecular weight is 347 g/mol. The summed E-state index contributed by atoms with van der Waals surface area (Å²) in [6, 6.07) is 0. The van der Waals surface area contributed by atoms with Gasteiger partial charge in [0.15, 0.2) is 0 Å². The van der Waals surface area contributed by atoms with Gasteiger partial charge in [-0.25, -0.2) is 0 Å². The van der Waals surface area contributed by atoms with Crippen molar-refractivity contribution in [3.05, 3.63) is 35.5 Å². The Morgan fingerprint density at radius 1 is 1.40 bits per heavy atom. The molecule has 3 nitrogen and oxygen atoms in total. The number of aliphatic hydroxyl groups excluding tert-OH is 1. The summed E-state index contributed by atoms with van der Waals surface area (Å²) in [7, 11) is 0. The van der Waals surface area contributed by atoms with Crippen LogP contribution >= 0.6 is 0 Å². The van der Waals surface area contributed by atoms with Gasteiger partial charge in [-0.3, -0.25) is 4.79 Å². The summed E-state index contributed by atoms with van der Waals surface area (Å²) < 4.78 is 5.66. The second kappa shape index (κ2) is 8.35. The molecule has 2 rings (SSSR count). The fourth-order valence-electron chi connectivity index (χ4n) is 4.74. The SMILES string of the molecule is C=C(C)[C@@H]1CC[C@]2(C)C[C@H](OC(C)=O)/C(CO)=C/CC/C(C)=C/C[C@@H]12. The standard InChI is InChI=1S/C22H34O3/c1-15(2)19-11-12-22(5)13-21(25-17(4)24)18(14-23)8-6-7-16(3)9-10-20(19)22/h8-9,19-21,23H,1,6-7,10-14H2,2-5H3/b16-9+,18-8+/t19-,20-,21-,22+/m0/s1. The van der Waals surface area contributed by atoms with E-state index in [1.807, 2.05) is 0 Å². The summed E-state index contributed by atoms with van der Waals surface area (Å²) in [6.45, 7) is 12.3. The minimum absolute atomic E-state index is 0.0502. The van der Waals surface area contributed by atoms with Crippen LogP contribution in [-0.2, 0) is 9.53 Å². The number of carbonyl (C=O) groups excluding carboxylic acids is 1. The van der Waals surface area contributed by atoms with Crippen LogP contribution in [0, 0.1) is 17.3 Å². The van der Waals surface area contributed by atoms with Gasteiger partial charge in [-0.15, -0.1) is 0 Å². The first-order chi connectivity index (χ1) is 11.8. The summed E-state index contributed by atoms with van der Waals surface area (Å²) in [5.74, 6) is 0.758. The van der Waals surface area contributed by atoms with E-state index in [0.717, 1.165) is 44.1 Å². The molecule has 0 heterocycles. The Kier molecular flexibility index (Phi) is 6.67. The highest BCUT2D eigenvalue weighted by molar-refractivity contribution is 5.66. The van der Waals surface area contributed by atoms with E-state index in [9.17, 15) is 9.90 Å². The lowest BCUT2D eigenvalue weighted by molar-refractivity contribution is -0.146. The first-order valence-electron chi connectivity index (χ1n) is 9.55. The predicted molar refractivity (Wildman–Crippen MR) is 102 cm³/mol. The lowest BCUT2D eigenvalue weighted by atomic mass is 9.70. The number of carbonyl (C=O) groups is 1. The van der Waals surface area contributed by atoms with Crippen molar-refractivity contribution in [2.24, 2.45) is 17.3 Å². The van der Waals surface area contributed by atoms with Gasteiger partial charge in [0, 0.05) is 6.92 Å². The molecule has 2 aliphatic rings. The van der Waals surface area contributed by atoms with Crippen LogP contribution in [0.3, 0.4) is 0 Å². The number of fused-ring (bicyclic) bond motifs is 1. The molecule has 0 aromatic carbocycles. The largest absolute Gasteiger partial charge is 0.458 e.